The van der Waals surface area contributed by atoms with E-state index in [0.717, 1.165) is 66.0 Å². The molecule has 3 aromatic carbocycles. The van der Waals surface area contributed by atoms with Crippen molar-refractivity contribution < 1.29 is 9.53 Å². The number of rotatable bonds is 12. The molecule has 0 aliphatic rings. The van der Waals surface area contributed by atoms with Crippen LogP contribution in [0.2, 0.25) is 0 Å². The number of para-hydroxylation sites is 2. The number of nitrogens with one attached hydrogen (secondary N) is 1. The lowest BCUT2D eigenvalue weighted by atomic mass is 10.1. The van der Waals surface area contributed by atoms with Crippen LogP contribution in [0.4, 0.5) is 0 Å². The SMILES string of the molecule is Cc1ccc(OCCn2c(CCCCCNC(=O)Cc3ccccc3C)nc3ccccc32)cc1. The van der Waals surface area contributed by atoms with Gasteiger partial charge in [-0.1, -0.05) is 60.5 Å². The predicted octanol–water partition coefficient (Wildman–Crippen LogP) is 5.80. The average molecular weight is 470 g/mol. The first-order valence-electron chi connectivity index (χ1n) is 12.5. The van der Waals surface area contributed by atoms with E-state index in [1.165, 1.54) is 5.56 Å². The smallest absolute Gasteiger partial charge is 0.224 e. The normalized spacial score (nSPS) is 11.0. The molecule has 4 aromatic rings. The standard InChI is InChI=1S/C30H35N3O2/c1-23-15-17-26(18-16-23)35-21-20-33-28-13-8-7-12-27(28)32-29(33)14-4-3-9-19-31-30(34)22-25-11-6-5-10-24(25)2/h5-8,10-13,15-18H,3-4,9,14,19-22H2,1-2H3,(H,31,34). The lowest BCUT2D eigenvalue weighted by molar-refractivity contribution is -0.120. The molecule has 0 unspecified atom stereocenters. The first kappa shape index (κ1) is 24.5. The van der Waals surface area contributed by atoms with Crippen molar-refractivity contribution in [3.8, 4) is 5.75 Å². The van der Waals surface area contributed by atoms with Crippen molar-refractivity contribution in [2.24, 2.45) is 0 Å². The highest BCUT2D eigenvalue weighted by molar-refractivity contribution is 5.78. The third-order valence-electron chi connectivity index (χ3n) is 6.35. The Kier molecular flexibility index (Phi) is 8.55. The lowest BCUT2D eigenvalue weighted by Crippen LogP contribution is -2.26. The van der Waals surface area contributed by atoms with Crippen molar-refractivity contribution in [2.75, 3.05) is 13.2 Å². The molecule has 0 saturated carbocycles. The Morgan fingerprint density at radius 3 is 2.51 bits per heavy atom. The molecule has 0 spiro atoms. The van der Waals surface area contributed by atoms with Gasteiger partial charge in [0.1, 0.15) is 18.2 Å². The Balaban J connectivity index is 1.23. The fourth-order valence-electron chi connectivity index (χ4n) is 4.31. The van der Waals surface area contributed by atoms with Gasteiger partial charge < -0.3 is 14.6 Å². The molecule has 1 aromatic heterocycles. The molecule has 35 heavy (non-hydrogen) atoms. The van der Waals surface area contributed by atoms with Crippen LogP contribution in [0.5, 0.6) is 5.75 Å². The Bertz CT molecular complexity index is 1240. The van der Waals surface area contributed by atoms with Crippen LogP contribution in [0.3, 0.4) is 0 Å². The second-order valence-corrected chi connectivity index (χ2v) is 9.09. The number of fused-ring (bicyclic) bond motifs is 1. The summed E-state index contributed by atoms with van der Waals surface area (Å²) in [6, 6.07) is 24.5. The van der Waals surface area contributed by atoms with E-state index in [2.05, 4.69) is 47.1 Å². The minimum absolute atomic E-state index is 0.0923. The van der Waals surface area contributed by atoms with Crippen LogP contribution in [0.15, 0.2) is 72.8 Å². The minimum Gasteiger partial charge on any atom is -0.492 e. The van der Waals surface area contributed by atoms with Gasteiger partial charge in [0.15, 0.2) is 0 Å². The largest absolute Gasteiger partial charge is 0.492 e. The highest BCUT2D eigenvalue weighted by atomic mass is 16.5. The molecule has 0 saturated heterocycles. The number of amides is 1. The molecule has 0 radical (unpaired) electrons. The highest BCUT2D eigenvalue weighted by Gasteiger charge is 2.11. The number of aromatic nitrogens is 2. The number of imidazole rings is 1. The molecule has 0 aliphatic heterocycles. The van der Waals surface area contributed by atoms with Crippen molar-refractivity contribution in [1.82, 2.24) is 14.9 Å². The van der Waals surface area contributed by atoms with Gasteiger partial charge in [-0.3, -0.25) is 4.79 Å². The van der Waals surface area contributed by atoms with E-state index in [9.17, 15) is 4.79 Å². The van der Waals surface area contributed by atoms with Gasteiger partial charge >= 0.3 is 0 Å². The fraction of sp³-hybridized carbons (Fsp3) is 0.333. The van der Waals surface area contributed by atoms with Crippen LogP contribution in [-0.2, 0) is 24.2 Å². The maximum absolute atomic E-state index is 12.2. The average Bonchev–Trinajstić information content (AvgIpc) is 3.21. The number of carbonyl (C=O) groups is 1. The number of hydrogen-bond donors (Lipinski definition) is 1. The van der Waals surface area contributed by atoms with Crippen LogP contribution >= 0.6 is 0 Å². The molecule has 5 heteroatoms. The van der Waals surface area contributed by atoms with Gasteiger partial charge in [0, 0.05) is 13.0 Å². The van der Waals surface area contributed by atoms with Crippen molar-refractivity contribution in [3.05, 3.63) is 95.3 Å². The number of benzene rings is 3. The third-order valence-corrected chi connectivity index (χ3v) is 6.35. The Hall–Kier alpha value is -3.60. The van der Waals surface area contributed by atoms with Crippen LogP contribution < -0.4 is 10.1 Å². The van der Waals surface area contributed by atoms with Crippen molar-refractivity contribution in [3.63, 3.8) is 0 Å². The zero-order valence-corrected chi connectivity index (χ0v) is 20.8. The second-order valence-electron chi connectivity index (χ2n) is 9.09. The molecular formula is C30H35N3O2. The van der Waals surface area contributed by atoms with Gasteiger partial charge in [0.05, 0.1) is 24.0 Å². The van der Waals surface area contributed by atoms with Crippen molar-refractivity contribution in [2.45, 2.75) is 52.5 Å². The number of unbranched alkanes of at least 4 members (excludes halogenated alkanes) is 2. The summed E-state index contributed by atoms with van der Waals surface area (Å²) in [7, 11) is 0. The van der Waals surface area contributed by atoms with Crippen LogP contribution in [-0.4, -0.2) is 28.6 Å². The molecule has 0 aliphatic carbocycles. The monoisotopic (exact) mass is 469 g/mol. The summed E-state index contributed by atoms with van der Waals surface area (Å²) in [6.07, 6.45) is 4.41. The number of hydrogen-bond acceptors (Lipinski definition) is 3. The van der Waals surface area contributed by atoms with Gasteiger partial charge in [-0.15, -0.1) is 0 Å². The molecule has 0 fully saturated rings. The molecule has 1 amide bonds. The van der Waals surface area contributed by atoms with E-state index in [1.54, 1.807) is 0 Å². The Morgan fingerprint density at radius 2 is 1.69 bits per heavy atom. The summed E-state index contributed by atoms with van der Waals surface area (Å²) in [5.74, 6) is 2.09. The van der Waals surface area contributed by atoms with Gasteiger partial charge in [-0.25, -0.2) is 4.98 Å². The number of nitrogens with zero attached hydrogens (tertiary/aromatic N) is 2. The zero-order valence-electron chi connectivity index (χ0n) is 20.8. The molecule has 0 bridgehead atoms. The summed E-state index contributed by atoms with van der Waals surface area (Å²) in [4.78, 5) is 17.1. The first-order valence-corrected chi connectivity index (χ1v) is 12.5. The maximum Gasteiger partial charge on any atom is 0.224 e. The molecule has 5 nitrogen and oxygen atoms in total. The quantitative estimate of drug-likeness (QED) is 0.267. The first-order chi connectivity index (χ1) is 17.1. The maximum atomic E-state index is 12.2. The summed E-state index contributed by atoms with van der Waals surface area (Å²) in [6.45, 7) is 6.20. The van der Waals surface area contributed by atoms with E-state index in [-0.39, 0.29) is 5.91 Å². The van der Waals surface area contributed by atoms with Crippen LogP contribution in [0.25, 0.3) is 11.0 Å². The van der Waals surface area contributed by atoms with Gasteiger partial charge in [0.25, 0.3) is 0 Å². The third kappa shape index (κ3) is 6.95. The second kappa shape index (κ2) is 12.2. The summed E-state index contributed by atoms with van der Waals surface area (Å²) >= 11 is 0. The van der Waals surface area contributed by atoms with E-state index < -0.39 is 0 Å². The van der Waals surface area contributed by atoms with E-state index >= 15 is 0 Å². The summed E-state index contributed by atoms with van der Waals surface area (Å²) in [5, 5.41) is 3.06. The molecule has 0 atom stereocenters. The predicted molar refractivity (Wildman–Crippen MR) is 142 cm³/mol. The number of carbonyl (C=O) groups excluding carboxylic acids is 1. The van der Waals surface area contributed by atoms with Crippen molar-refractivity contribution in [1.29, 1.82) is 0 Å². The van der Waals surface area contributed by atoms with E-state index in [1.807, 2.05) is 49.4 Å². The molecule has 1 N–H and O–H groups in total. The van der Waals surface area contributed by atoms with Gasteiger partial charge in [-0.2, -0.15) is 0 Å². The van der Waals surface area contributed by atoms with Crippen molar-refractivity contribution >= 4 is 16.9 Å². The minimum atomic E-state index is 0.0923. The molecular weight excluding hydrogens is 434 g/mol. The van der Waals surface area contributed by atoms with Crippen LogP contribution in [0.1, 0.15) is 41.8 Å². The van der Waals surface area contributed by atoms with E-state index in [0.29, 0.717) is 19.6 Å². The Labute approximate surface area is 208 Å². The molecule has 182 valence electrons. The number of aryl methyl sites for hydroxylation is 3. The topological polar surface area (TPSA) is 56.1 Å². The Morgan fingerprint density at radius 1 is 0.914 bits per heavy atom. The summed E-state index contributed by atoms with van der Waals surface area (Å²) < 4.78 is 8.26. The van der Waals surface area contributed by atoms with Gasteiger partial charge in [0.2, 0.25) is 5.91 Å². The zero-order chi connectivity index (χ0) is 24.5. The fourth-order valence-corrected chi connectivity index (χ4v) is 4.31. The van der Waals surface area contributed by atoms with E-state index in [4.69, 9.17) is 9.72 Å². The molecule has 4 rings (SSSR count). The summed E-state index contributed by atoms with van der Waals surface area (Å²) in [5.41, 5.74) is 5.66. The number of ether oxygens (including phenoxy) is 1. The highest BCUT2D eigenvalue weighted by Crippen LogP contribution is 2.19. The lowest BCUT2D eigenvalue weighted by Gasteiger charge is -2.11. The van der Waals surface area contributed by atoms with Crippen LogP contribution in [0, 0.1) is 13.8 Å². The van der Waals surface area contributed by atoms with Gasteiger partial charge in [-0.05, 0) is 62.1 Å². The molecule has 1 heterocycles.